The highest BCUT2D eigenvalue weighted by molar-refractivity contribution is 6.37. The van der Waals surface area contributed by atoms with Gasteiger partial charge in [-0.3, -0.25) is 4.79 Å². The van der Waals surface area contributed by atoms with E-state index in [0.29, 0.717) is 12.1 Å². The summed E-state index contributed by atoms with van der Waals surface area (Å²) in [6.07, 6.45) is 14.8. The molecule has 2 atom stereocenters. The number of hydrogen-bond donors (Lipinski definition) is 0. The Morgan fingerprint density at radius 3 is 2.11 bits per heavy atom. The van der Waals surface area contributed by atoms with Gasteiger partial charge in [0.25, 0.3) is 0 Å². The van der Waals surface area contributed by atoms with Crippen LogP contribution >= 0.6 is 0 Å². The zero-order chi connectivity index (χ0) is 20.6. The summed E-state index contributed by atoms with van der Waals surface area (Å²) in [7, 11) is 2.82. The number of unbranched alkanes of at least 4 members (excludes halogenated alkanes) is 9. The van der Waals surface area contributed by atoms with Crippen LogP contribution in [0.4, 0.5) is 0 Å². The van der Waals surface area contributed by atoms with Gasteiger partial charge >= 0.3 is 11.9 Å². The molecule has 0 radical (unpaired) electrons. The van der Waals surface area contributed by atoms with Crippen LogP contribution in [0.15, 0.2) is 5.16 Å². The second kappa shape index (κ2) is 15.3. The maximum atomic E-state index is 12.0. The number of esters is 2. The molecular formula is C22H39NO5. The SMILES string of the molecule is CCCCCCCCC1C(C(=O)OC)=NOC1CCCCCCCC(=O)OC. The van der Waals surface area contributed by atoms with Crippen molar-refractivity contribution in [2.45, 2.75) is 103 Å². The Morgan fingerprint density at radius 2 is 1.46 bits per heavy atom. The summed E-state index contributed by atoms with van der Waals surface area (Å²) in [6.45, 7) is 2.22. The Bertz CT molecular complexity index is 478. The lowest BCUT2D eigenvalue weighted by Gasteiger charge is -2.18. The van der Waals surface area contributed by atoms with Crippen molar-refractivity contribution in [3.63, 3.8) is 0 Å². The third kappa shape index (κ3) is 9.56. The van der Waals surface area contributed by atoms with Gasteiger partial charge in [0, 0.05) is 6.42 Å². The fourth-order valence-electron chi connectivity index (χ4n) is 3.70. The van der Waals surface area contributed by atoms with Crippen molar-refractivity contribution in [2.24, 2.45) is 11.1 Å². The van der Waals surface area contributed by atoms with Crippen LogP contribution in [0.5, 0.6) is 0 Å². The third-order valence-corrected chi connectivity index (χ3v) is 5.45. The Kier molecular flexibility index (Phi) is 13.4. The van der Waals surface area contributed by atoms with Crippen LogP contribution in [-0.4, -0.2) is 38.0 Å². The number of carbonyl (C=O) groups is 2. The molecule has 0 aliphatic carbocycles. The van der Waals surface area contributed by atoms with Crippen LogP contribution in [0.2, 0.25) is 0 Å². The quantitative estimate of drug-likeness (QED) is 0.265. The van der Waals surface area contributed by atoms with Crippen LogP contribution in [0, 0.1) is 5.92 Å². The number of ether oxygens (including phenoxy) is 2. The highest BCUT2D eigenvalue weighted by Crippen LogP contribution is 2.29. The van der Waals surface area contributed by atoms with Crippen molar-refractivity contribution in [1.82, 2.24) is 0 Å². The van der Waals surface area contributed by atoms with Crippen molar-refractivity contribution in [3.05, 3.63) is 0 Å². The molecule has 1 rings (SSSR count). The molecular weight excluding hydrogens is 358 g/mol. The summed E-state index contributed by atoms with van der Waals surface area (Å²) in [6, 6.07) is 0. The fraction of sp³-hybridized carbons (Fsp3) is 0.864. The molecule has 162 valence electrons. The smallest absolute Gasteiger partial charge is 0.356 e. The molecule has 2 unspecified atom stereocenters. The topological polar surface area (TPSA) is 74.2 Å². The normalized spacial score (nSPS) is 18.5. The Balaban J connectivity index is 2.29. The van der Waals surface area contributed by atoms with Gasteiger partial charge < -0.3 is 14.3 Å². The molecule has 0 spiro atoms. The van der Waals surface area contributed by atoms with Crippen LogP contribution in [0.1, 0.15) is 96.8 Å². The molecule has 0 bridgehead atoms. The number of carbonyl (C=O) groups excluding carboxylic acids is 2. The van der Waals surface area contributed by atoms with E-state index in [4.69, 9.17) is 9.57 Å². The van der Waals surface area contributed by atoms with Gasteiger partial charge in [-0.05, 0) is 25.7 Å². The Labute approximate surface area is 170 Å². The minimum Gasteiger partial charge on any atom is -0.469 e. The number of oxime groups is 1. The molecule has 0 amide bonds. The number of rotatable bonds is 16. The second-order valence-electron chi connectivity index (χ2n) is 7.66. The average Bonchev–Trinajstić information content (AvgIpc) is 3.11. The largest absolute Gasteiger partial charge is 0.469 e. The van der Waals surface area contributed by atoms with Crippen LogP contribution in [0.3, 0.4) is 0 Å². The lowest BCUT2D eigenvalue weighted by atomic mass is 9.88. The van der Waals surface area contributed by atoms with E-state index in [1.165, 1.54) is 46.3 Å². The van der Waals surface area contributed by atoms with E-state index < -0.39 is 0 Å². The molecule has 0 aromatic heterocycles. The molecule has 0 saturated carbocycles. The van der Waals surface area contributed by atoms with E-state index in [1.807, 2.05) is 0 Å². The number of hydrogen-bond acceptors (Lipinski definition) is 6. The molecule has 0 aromatic carbocycles. The van der Waals surface area contributed by atoms with Gasteiger partial charge in [-0.15, -0.1) is 0 Å². The maximum Gasteiger partial charge on any atom is 0.356 e. The van der Waals surface area contributed by atoms with Crippen LogP contribution in [-0.2, 0) is 23.9 Å². The van der Waals surface area contributed by atoms with E-state index in [-0.39, 0.29) is 24.0 Å². The zero-order valence-electron chi connectivity index (χ0n) is 18.0. The predicted molar refractivity (Wildman–Crippen MR) is 110 cm³/mol. The first kappa shape index (κ1) is 24.4. The van der Waals surface area contributed by atoms with Crippen molar-refractivity contribution >= 4 is 17.7 Å². The van der Waals surface area contributed by atoms with Gasteiger partial charge in [0.15, 0.2) is 5.71 Å². The van der Waals surface area contributed by atoms with Gasteiger partial charge in [-0.25, -0.2) is 4.79 Å². The molecule has 0 N–H and O–H groups in total. The molecule has 0 aromatic rings. The lowest BCUT2D eigenvalue weighted by Crippen LogP contribution is -2.29. The van der Waals surface area contributed by atoms with Gasteiger partial charge in [0.2, 0.25) is 0 Å². The maximum absolute atomic E-state index is 12.0. The van der Waals surface area contributed by atoms with E-state index in [2.05, 4.69) is 16.8 Å². The van der Waals surface area contributed by atoms with Crippen LogP contribution < -0.4 is 0 Å². The lowest BCUT2D eigenvalue weighted by molar-refractivity contribution is -0.140. The van der Waals surface area contributed by atoms with Gasteiger partial charge in [0.05, 0.1) is 20.1 Å². The molecule has 0 fully saturated rings. The summed E-state index contributed by atoms with van der Waals surface area (Å²) in [4.78, 5) is 28.7. The zero-order valence-corrected chi connectivity index (χ0v) is 18.0. The minimum absolute atomic E-state index is 0.0141. The Morgan fingerprint density at radius 1 is 0.857 bits per heavy atom. The first-order valence-electron chi connectivity index (χ1n) is 11.0. The van der Waals surface area contributed by atoms with E-state index in [0.717, 1.165) is 51.4 Å². The first-order valence-corrected chi connectivity index (χ1v) is 11.0. The van der Waals surface area contributed by atoms with Gasteiger partial charge in [0.1, 0.15) is 6.10 Å². The van der Waals surface area contributed by atoms with E-state index in [1.54, 1.807) is 0 Å². The highest BCUT2D eigenvalue weighted by Gasteiger charge is 2.37. The molecule has 1 heterocycles. The Hall–Kier alpha value is -1.59. The molecule has 6 nitrogen and oxygen atoms in total. The fourth-order valence-corrected chi connectivity index (χ4v) is 3.70. The molecule has 28 heavy (non-hydrogen) atoms. The summed E-state index contributed by atoms with van der Waals surface area (Å²) in [5.74, 6) is -0.441. The predicted octanol–water partition coefficient (Wildman–Crippen LogP) is 5.18. The van der Waals surface area contributed by atoms with Crippen molar-refractivity contribution in [2.75, 3.05) is 14.2 Å². The summed E-state index contributed by atoms with van der Waals surface area (Å²) in [5, 5.41) is 4.05. The average molecular weight is 398 g/mol. The minimum atomic E-state index is -0.360. The van der Waals surface area contributed by atoms with E-state index in [9.17, 15) is 9.59 Å². The van der Waals surface area contributed by atoms with E-state index >= 15 is 0 Å². The molecule has 1 aliphatic heterocycles. The molecule has 6 heteroatoms. The number of nitrogens with zero attached hydrogens (tertiary/aromatic N) is 1. The van der Waals surface area contributed by atoms with Crippen molar-refractivity contribution < 1.29 is 23.9 Å². The standard InChI is InChI=1S/C22H39NO5/c1-4-5-6-7-9-12-15-18-19(28-23-21(18)22(25)27-3)16-13-10-8-11-14-17-20(24)26-2/h18-19H,4-17H2,1-3H3. The monoisotopic (exact) mass is 397 g/mol. The van der Waals surface area contributed by atoms with Crippen molar-refractivity contribution in [1.29, 1.82) is 0 Å². The molecule has 0 saturated heterocycles. The number of methoxy groups -OCH3 is 2. The first-order chi connectivity index (χ1) is 13.6. The van der Waals surface area contributed by atoms with Gasteiger partial charge in [-0.1, -0.05) is 69.9 Å². The van der Waals surface area contributed by atoms with Crippen molar-refractivity contribution in [3.8, 4) is 0 Å². The summed E-state index contributed by atoms with van der Waals surface area (Å²) < 4.78 is 9.53. The molecule has 1 aliphatic rings. The van der Waals surface area contributed by atoms with Gasteiger partial charge in [-0.2, -0.15) is 0 Å². The highest BCUT2D eigenvalue weighted by atomic mass is 16.6. The van der Waals surface area contributed by atoms with Crippen LogP contribution in [0.25, 0.3) is 0 Å². The third-order valence-electron chi connectivity index (χ3n) is 5.45. The summed E-state index contributed by atoms with van der Waals surface area (Å²) >= 11 is 0. The summed E-state index contributed by atoms with van der Waals surface area (Å²) in [5.41, 5.74) is 0.458. The second-order valence-corrected chi connectivity index (χ2v) is 7.66.